The summed E-state index contributed by atoms with van der Waals surface area (Å²) in [5.74, 6) is -0.403. The first-order valence-electron chi connectivity index (χ1n) is 29.8. The van der Waals surface area contributed by atoms with Gasteiger partial charge in [-0.1, -0.05) is 268 Å². The van der Waals surface area contributed by atoms with Crippen LogP contribution in [-0.4, -0.2) is 37.9 Å². The van der Waals surface area contributed by atoms with Gasteiger partial charge in [0.1, 0.15) is 6.61 Å². The molecule has 0 aliphatic rings. The first-order chi connectivity index (χ1) is 33.6. The Hall–Kier alpha value is -2.40. The third-order valence-corrected chi connectivity index (χ3v) is 13.0. The molecule has 0 saturated heterocycles. The molecule has 0 amide bonds. The molecule has 0 saturated carbocycles. The van der Waals surface area contributed by atoms with Crippen LogP contribution in [0.2, 0.25) is 0 Å². The summed E-state index contributed by atoms with van der Waals surface area (Å²) in [6.45, 7) is 7.75. The summed E-state index contributed by atoms with van der Waals surface area (Å²) in [7, 11) is 0. The molecule has 5 nitrogen and oxygen atoms in total. The average Bonchev–Trinajstić information content (AvgIpc) is 3.34. The van der Waals surface area contributed by atoms with Crippen LogP contribution in [0.25, 0.3) is 0 Å². The van der Waals surface area contributed by atoms with Crippen molar-refractivity contribution < 1.29 is 23.8 Å². The lowest BCUT2D eigenvalue weighted by Crippen LogP contribution is -2.30. The van der Waals surface area contributed by atoms with E-state index in [4.69, 9.17) is 14.2 Å². The molecule has 0 radical (unpaired) electrons. The third kappa shape index (κ3) is 56.2. The molecule has 5 heteroatoms. The molecule has 0 aromatic carbocycles. The highest BCUT2D eigenvalue weighted by atomic mass is 16.6. The molecule has 68 heavy (non-hydrogen) atoms. The number of ether oxygens (including phenoxy) is 3. The monoisotopic (exact) mass is 951 g/mol. The van der Waals surface area contributed by atoms with Crippen LogP contribution >= 0.6 is 0 Å². The largest absolute Gasteiger partial charge is 0.462 e. The molecular formula is C63H114O5. The minimum absolute atomic E-state index is 0.0761. The van der Waals surface area contributed by atoms with Gasteiger partial charge in [0.2, 0.25) is 0 Å². The van der Waals surface area contributed by atoms with Gasteiger partial charge in [-0.15, -0.1) is 0 Å². The van der Waals surface area contributed by atoms with Crippen molar-refractivity contribution in [2.75, 3.05) is 19.8 Å². The molecule has 0 rings (SSSR count). The summed E-state index contributed by atoms with van der Waals surface area (Å²) in [5, 5.41) is 0. The van der Waals surface area contributed by atoms with Crippen LogP contribution in [0.15, 0.2) is 60.8 Å². The number of carbonyl (C=O) groups is 2. The topological polar surface area (TPSA) is 61.8 Å². The zero-order valence-electron chi connectivity index (χ0n) is 45.6. The van der Waals surface area contributed by atoms with Crippen molar-refractivity contribution in [3.8, 4) is 0 Å². The van der Waals surface area contributed by atoms with E-state index in [0.29, 0.717) is 19.4 Å². The van der Waals surface area contributed by atoms with Crippen molar-refractivity contribution >= 4 is 11.9 Å². The zero-order valence-corrected chi connectivity index (χ0v) is 45.6. The quantitative estimate of drug-likeness (QED) is 0.0345. The molecule has 0 aromatic rings. The fraction of sp³-hybridized carbons (Fsp3) is 0.810. The molecule has 1 unspecified atom stereocenters. The Labute approximate surface area is 424 Å². The average molecular weight is 952 g/mol. The second-order valence-corrected chi connectivity index (χ2v) is 19.9. The highest BCUT2D eigenvalue weighted by Crippen LogP contribution is 2.16. The first kappa shape index (κ1) is 65.6. The van der Waals surface area contributed by atoms with Crippen LogP contribution in [0.4, 0.5) is 0 Å². The highest BCUT2D eigenvalue weighted by molar-refractivity contribution is 5.70. The van der Waals surface area contributed by atoms with Gasteiger partial charge in [0.25, 0.3) is 0 Å². The van der Waals surface area contributed by atoms with Crippen molar-refractivity contribution in [3.05, 3.63) is 60.8 Å². The molecule has 0 aliphatic heterocycles. The van der Waals surface area contributed by atoms with Crippen LogP contribution < -0.4 is 0 Å². The SMILES string of the molecule is CCC/C=C\C/C=C\CCCCCCCCOCC(COC(=O)CCCCCCCC/C=C\C/C=C\C/C=C\CCCCC)OC(=O)CCCCCCCCCCCCCCCCCCCCC. The highest BCUT2D eigenvalue weighted by Gasteiger charge is 2.17. The van der Waals surface area contributed by atoms with Gasteiger partial charge in [-0.05, 0) is 83.5 Å². The van der Waals surface area contributed by atoms with E-state index < -0.39 is 6.10 Å². The Bertz CT molecular complexity index is 1170. The summed E-state index contributed by atoms with van der Waals surface area (Å²) < 4.78 is 17.5. The summed E-state index contributed by atoms with van der Waals surface area (Å²) in [6, 6.07) is 0. The zero-order chi connectivity index (χ0) is 49.2. The van der Waals surface area contributed by atoms with E-state index in [9.17, 15) is 9.59 Å². The van der Waals surface area contributed by atoms with Gasteiger partial charge >= 0.3 is 11.9 Å². The van der Waals surface area contributed by atoms with Crippen LogP contribution in [0.5, 0.6) is 0 Å². The predicted molar refractivity (Wildman–Crippen MR) is 298 cm³/mol. The maximum Gasteiger partial charge on any atom is 0.306 e. The second kappa shape index (κ2) is 58.9. The maximum absolute atomic E-state index is 12.9. The smallest absolute Gasteiger partial charge is 0.306 e. The molecule has 0 fully saturated rings. The number of carbonyl (C=O) groups excluding carboxylic acids is 2. The van der Waals surface area contributed by atoms with Crippen molar-refractivity contribution in [3.63, 3.8) is 0 Å². The van der Waals surface area contributed by atoms with E-state index in [2.05, 4.69) is 81.5 Å². The number of hydrogen-bond acceptors (Lipinski definition) is 5. The van der Waals surface area contributed by atoms with Gasteiger partial charge in [0, 0.05) is 19.4 Å². The Morgan fingerprint density at radius 2 is 0.647 bits per heavy atom. The minimum atomic E-state index is -0.547. The van der Waals surface area contributed by atoms with Crippen molar-refractivity contribution in [2.45, 2.75) is 309 Å². The second-order valence-electron chi connectivity index (χ2n) is 19.9. The number of esters is 2. The fourth-order valence-electron chi connectivity index (χ4n) is 8.56. The molecule has 0 aromatic heterocycles. The predicted octanol–water partition coefficient (Wildman–Crippen LogP) is 20.5. The molecule has 0 spiro atoms. The molecule has 396 valence electrons. The molecule has 0 N–H and O–H groups in total. The van der Waals surface area contributed by atoms with E-state index in [1.165, 1.54) is 199 Å². The number of hydrogen-bond donors (Lipinski definition) is 0. The molecule has 1 atom stereocenters. The van der Waals surface area contributed by atoms with Crippen LogP contribution in [0.3, 0.4) is 0 Å². The Morgan fingerprint density at radius 1 is 0.324 bits per heavy atom. The normalized spacial score (nSPS) is 12.6. The minimum Gasteiger partial charge on any atom is -0.462 e. The summed E-state index contributed by atoms with van der Waals surface area (Å²) >= 11 is 0. The van der Waals surface area contributed by atoms with E-state index in [0.717, 1.165) is 70.6 Å². The Kier molecular flexibility index (Phi) is 56.8. The van der Waals surface area contributed by atoms with Gasteiger partial charge in [0.15, 0.2) is 6.10 Å². The molecule has 0 heterocycles. The van der Waals surface area contributed by atoms with Crippen LogP contribution in [-0.2, 0) is 23.8 Å². The standard InChI is InChI=1S/C63H114O5/c1-4-7-10-13-16-19-22-25-28-30-32-34-36-38-41-44-47-50-53-56-62(64)67-60-61(59-66-58-55-52-49-46-43-40-27-24-21-18-15-12-9-6-3)68-63(65)57-54-51-48-45-42-39-37-35-33-31-29-26-23-20-17-14-11-8-5-2/h12,15-16,19,21,24-25,28,32,34,61H,4-11,13-14,17-18,20,22-23,26-27,29-31,33,35-60H2,1-3H3/b15-12-,19-16-,24-21-,28-25-,34-32-. The first-order valence-corrected chi connectivity index (χ1v) is 29.8. The Morgan fingerprint density at radius 3 is 1.07 bits per heavy atom. The molecule has 0 aliphatic carbocycles. The lowest BCUT2D eigenvalue weighted by atomic mass is 10.0. The third-order valence-electron chi connectivity index (χ3n) is 13.0. The summed E-state index contributed by atoms with van der Waals surface area (Å²) in [4.78, 5) is 25.6. The van der Waals surface area contributed by atoms with E-state index in [1.807, 2.05) is 0 Å². The van der Waals surface area contributed by atoms with Gasteiger partial charge in [-0.25, -0.2) is 0 Å². The van der Waals surface area contributed by atoms with Gasteiger partial charge in [-0.2, -0.15) is 0 Å². The number of rotatable bonds is 55. The van der Waals surface area contributed by atoms with E-state index >= 15 is 0 Å². The van der Waals surface area contributed by atoms with Gasteiger partial charge in [-0.3, -0.25) is 9.59 Å². The van der Waals surface area contributed by atoms with Crippen molar-refractivity contribution in [1.29, 1.82) is 0 Å². The van der Waals surface area contributed by atoms with Gasteiger partial charge in [0.05, 0.1) is 6.61 Å². The van der Waals surface area contributed by atoms with E-state index in [-0.39, 0.29) is 25.2 Å². The van der Waals surface area contributed by atoms with E-state index in [1.54, 1.807) is 0 Å². The number of allylic oxidation sites excluding steroid dienone is 10. The number of unbranched alkanes of at least 4 members (excludes halogenated alkanes) is 34. The maximum atomic E-state index is 12.9. The lowest BCUT2D eigenvalue weighted by molar-refractivity contribution is -0.163. The molecule has 0 bridgehead atoms. The summed E-state index contributed by atoms with van der Waals surface area (Å²) in [5.41, 5.74) is 0. The lowest BCUT2D eigenvalue weighted by Gasteiger charge is -2.18. The van der Waals surface area contributed by atoms with Crippen LogP contribution in [0.1, 0.15) is 303 Å². The van der Waals surface area contributed by atoms with Crippen molar-refractivity contribution in [2.24, 2.45) is 0 Å². The Balaban J connectivity index is 4.26. The summed E-state index contributed by atoms with van der Waals surface area (Å²) in [6.07, 6.45) is 75.3. The van der Waals surface area contributed by atoms with Crippen LogP contribution in [0, 0.1) is 0 Å². The van der Waals surface area contributed by atoms with Gasteiger partial charge < -0.3 is 14.2 Å². The fourth-order valence-corrected chi connectivity index (χ4v) is 8.56. The van der Waals surface area contributed by atoms with Crippen molar-refractivity contribution in [1.82, 2.24) is 0 Å². The molecular weight excluding hydrogens is 837 g/mol.